The molecule has 2 unspecified atom stereocenters. The molecule has 1 aromatic carbocycles. The standard InChI is InChI=1S/C13H12N2O2/c14-8-9-1-4-11(5-2-9)15-12-6-3-10(7-12)13(16)17/h1-6,10,12,15H,7H2,(H,16,17). The molecule has 2 atom stereocenters. The van der Waals surface area contributed by atoms with Gasteiger partial charge in [-0.15, -0.1) is 0 Å². The third-order valence-electron chi connectivity index (χ3n) is 2.77. The number of anilines is 1. The SMILES string of the molecule is N#Cc1ccc(NC2C=CC(C(=O)O)C2)cc1. The van der Waals surface area contributed by atoms with Crippen LogP contribution < -0.4 is 5.32 Å². The van der Waals surface area contributed by atoms with Crippen molar-refractivity contribution >= 4 is 11.7 Å². The van der Waals surface area contributed by atoms with Crippen LogP contribution in [0.15, 0.2) is 36.4 Å². The Kier molecular flexibility index (Phi) is 3.10. The molecule has 0 aliphatic heterocycles. The lowest BCUT2D eigenvalue weighted by Gasteiger charge is -2.13. The molecule has 1 aromatic rings. The van der Waals surface area contributed by atoms with E-state index in [0.29, 0.717) is 12.0 Å². The van der Waals surface area contributed by atoms with E-state index < -0.39 is 11.9 Å². The Morgan fingerprint density at radius 2 is 2.06 bits per heavy atom. The minimum Gasteiger partial charge on any atom is -0.481 e. The molecule has 0 aromatic heterocycles. The lowest BCUT2D eigenvalue weighted by atomic mass is 10.1. The van der Waals surface area contributed by atoms with Gasteiger partial charge in [0.1, 0.15) is 0 Å². The van der Waals surface area contributed by atoms with E-state index in [2.05, 4.69) is 11.4 Å². The molecular formula is C13H12N2O2. The van der Waals surface area contributed by atoms with Crippen molar-refractivity contribution in [1.29, 1.82) is 5.26 Å². The molecular weight excluding hydrogens is 216 g/mol. The van der Waals surface area contributed by atoms with E-state index in [-0.39, 0.29) is 6.04 Å². The summed E-state index contributed by atoms with van der Waals surface area (Å²) >= 11 is 0. The summed E-state index contributed by atoms with van der Waals surface area (Å²) < 4.78 is 0. The molecule has 4 nitrogen and oxygen atoms in total. The summed E-state index contributed by atoms with van der Waals surface area (Å²) in [5.74, 6) is -1.18. The van der Waals surface area contributed by atoms with Gasteiger partial charge in [0.05, 0.1) is 17.6 Å². The molecule has 2 rings (SSSR count). The van der Waals surface area contributed by atoms with E-state index in [1.807, 2.05) is 18.2 Å². The van der Waals surface area contributed by atoms with Crippen LogP contribution in [0.1, 0.15) is 12.0 Å². The zero-order valence-corrected chi connectivity index (χ0v) is 9.13. The maximum absolute atomic E-state index is 10.8. The molecule has 0 amide bonds. The van der Waals surface area contributed by atoms with Crippen molar-refractivity contribution in [3.63, 3.8) is 0 Å². The number of rotatable bonds is 3. The minimum atomic E-state index is -0.787. The fourth-order valence-corrected chi connectivity index (χ4v) is 1.84. The molecule has 1 aliphatic carbocycles. The number of hydrogen-bond acceptors (Lipinski definition) is 3. The molecule has 0 saturated heterocycles. The Labute approximate surface area is 99.2 Å². The third kappa shape index (κ3) is 2.64. The van der Waals surface area contributed by atoms with Crippen molar-refractivity contribution in [2.75, 3.05) is 5.32 Å². The lowest BCUT2D eigenvalue weighted by Crippen LogP contribution is -2.18. The fraction of sp³-hybridized carbons (Fsp3) is 0.231. The second-order valence-electron chi connectivity index (χ2n) is 4.01. The number of nitrogens with one attached hydrogen (secondary N) is 1. The van der Waals surface area contributed by atoms with Gasteiger partial charge in [-0.1, -0.05) is 12.2 Å². The van der Waals surface area contributed by atoms with Gasteiger partial charge in [-0.2, -0.15) is 5.26 Å². The van der Waals surface area contributed by atoms with Crippen molar-refractivity contribution in [3.8, 4) is 6.07 Å². The zero-order chi connectivity index (χ0) is 12.3. The summed E-state index contributed by atoms with van der Waals surface area (Å²) in [5, 5.41) is 20.7. The Morgan fingerprint density at radius 1 is 1.35 bits per heavy atom. The van der Waals surface area contributed by atoms with Crippen LogP contribution >= 0.6 is 0 Å². The van der Waals surface area contributed by atoms with E-state index in [1.54, 1.807) is 18.2 Å². The monoisotopic (exact) mass is 228 g/mol. The number of carboxylic acid groups (broad SMARTS) is 1. The third-order valence-corrected chi connectivity index (χ3v) is 2.77. The zero-order valence-electron chi connectivity index (χ0n) is 9.13. The van der Waals surface area contributed by atoms with Crippen molar-refractivity contribution in [3.05, 3.63) is 42.0 Å². The smallest absolute Gasteiger partial charge is 0.310 e. The summed E-state index contributed by atoms with van der Waals surface area (Å²) in [6, 6.07) is 9.20. The predicted molar refractivity (Wildman–Crippen MR) is 63.5 cm³/mol. The van der Waals surface area contributed by atoms with Crippen LogP contribution in [0.2, 0.25) is 0 Å². The fourth-order valence-electron chi connectivity index (χ4n) is 1.84. The highest BCUT2D eigenvalue weighted by Crippen LogP contribution is 2.21. The Bertz CT molecular complexity index is 485. The number of carboxylic acids is 1. The second-order valence-corrected chi connectivity index (χ2v) is 4.01. The largest absolute Gasteiger partial charge is 0.481 e. The lowest BCUT2D eigenvalue weighted by molar-refractivity contribution is -0.140. The number of nitriles is 1. The highest BCUT2D eigenvalue weighted by molar-refractivity contribution is 5.73. The summed E-state index contributed by atoms with van der Waals surface area (Å²) in [6.45, 7) is 0. The van der Waals surface area contributed by atoms with Crippen LogP contribution in [-0.2, 0) is 4.79 Å². The van der Waals surface area contributed by atoms with E-state index in [4.69, 9.17) is 10.4 Å². The predicted octanol–water partition coefficient (Wildman–Crippen LogP) is 2.00. The summed E-state index contributed by atoms with van der Waals surface area (Å²) in [4.78, 5) is 10.8. The van der Waals surface area contributed by atoms with Gasteiger partial charge in [0.2, 0.25) is 0 Å². The molecule has 0 bridgehead atoms. The van der Waals surface area contributed by atoms with Gasteiger partial charge in [0.25, 0.3) is 0 Å². The van der Waals surface area contributed by atoms with E-state index >= 15 is 0 Å². The molecule has 4 heteroatoms. The molecule has 0 spiro atoms. The molecule has 0 heterocycles. The van der Waals surface area contributed by atoms with Crippen molar-refractivity contribution in [1.82, 2.24) is 0 Å². The van der Waals surface area contributed by atoms with Crippen LogP contribution in [0.4, 0.5) is 5.69 Å². The van der Waals surface area contributed by atoms with Gasteiger partial charge in [0, 0.05) is 11.7 Å². The Hall–Kier alpha value is -2.28. The maximum atomic E-state index is 10.8. The maximum Gasteiger partial charge on any atom is 0.310 e. The summed E-state index contributed by atoms with van der Waals surface area (Å²) in [5.41, 5.74) is 1.51. The molecule has 86 valence electrons. The van der Waals surface area contributed by atoms with Crippen LogP contribution in [0.25, 0.3) is 0 Å². The van der Waals surface area contributed by atoms with Gasteiger partial charge in [-0.25, -0.2) is 0 Å². The first kappa shape index (κ1) is 11.2. The van der Waals surface area contributed by atoms with Crippen molar-refractivity contribution < 1.29 is 9.90 Å². The first-order valence-corrected chi connectivity index (χ1v) is 5.37. The molecule has 1 aliphatic rings. The van der Waals surface area contributed by atoms with Crippen molar-refractivity contribution in [2.24, 2.45) is 5.92 Å². The number of hydrogen-bond donors (Lipinski definition) is 2. The molecule has 0 radical (unpaired) electrons. The average molecular weight is 228 g/mol. The van der Waals surface area contributed by atoms with E-state index in [9.17, 15) is 4.79 Å². The van der Waals surface area contributed by atoms with Crippen LogP contribution in [-0.4, -0.2) is 17.1 Å². The number of nitrogens with zero attached hydrogens (tertiary/aromatic N) is 1. The summed E-state index contributed by atoms with van der Waals surface area (Å²) in [6.07, 6.45) is 4.15. The number of carbonyl (C=O) groups is 1. The second kappa shape index (κ2) is 4.71. The van der Waals surface area contributed by atoms with Crippen LogP contribution in [0.5, 0.6) is 0 Å². The van der Waals surface area contributed by atoms with Gasteiger partial charge in [-0.05, 0) is 30.7 Å². The number of benzene rings is 1. The minimum absolute atomic E-state index is 0.0454. The molecule has 0 saturated carbocycles. The quantitative estimate of drug-likeness (QED) is 0.776. The number of aliphatic carboxylic acids is 1. The first-order valence-electron chi connectivity index (χ1n) is 5.37. The Balaban J connectivity index is 1.97. The van der Waals surface area contributed by atoms with Gasteiger partial charge < -0.3 is 10.4 Å². The molecule has 0 fully saturated rings. The van der Waals surface area contributed by atoms with E-state index in [1.165, 1.54) is 0 Å². The highest BCUT2D eigenvalue weighted by Gasteiger charge is 2.23. The average Bonchev–Trinajstić information content (AvgIpc) is 2.79. The normalized spacial score (nSPS) is 22.1. The molecule has 17 heavy (non-hydrogen) atoms. The van der Waals surface area contributed by atoms with Crippen molar-refractivity contribution in [2.45, 2.75) is 12.5 Å². The van der Waals surface area contributed by atoms with Crippen LogP contribution in [0, 0.1) is 17.2 Å². The van der Waals surface area contributed by atoms with Crippen LogP contribution in [0.3, 0.4) is 0 Å². The Morgan fingerprint density at radius 3 is 2.59 bits per heavy atom. The molecule has 2 N–H and O–H groups in total. The van der Waals surface area contributed by atoms with E-state index in [0.717, 1.165) is 5.69 Å². The topological polar surface area (TPSA) is 73.1 Å². The first-order chi connectivity index (χ1) is 8.19. The van der Waals surface area contributed by atoms with Gasteiger partial charge in [0.15, 0.2) is 0 Å². The van der Waals surface area contributed by atoms with Gasteiger partial charge >= 0.3 is 5.97 Å². The van der Waals surface area contributed by atoms with Gasteiger partial charge in [-0.3, -0.25) is 4.79 Å². The summed E-state index contributed by atoms with van der Waals surface area (Å²) in [7, 11) is 0. The highest BCUT2D eigenvalue weighted by atomic mass is 16.4.